The molecule has 8 aromatic rings. The number of nitrogens with zero attached hydrogens (tertiary/aromatic N) is 2. The summed E-state index contributed by atoms with van der Waals surface area (Å²) < 4.78 is 8.86. The second-order valence-electron chi connectivity index (χ2n) is 14.1. The molecule has 53 heavy (non-hydrogen) atoms. The maximum absolute atomic E-state index is 6.63. The highest BCUT2D eigenvalue weighted by Crippen LogP contribution is 2.65. The van der Waals surface area contributed by atoms with E-state index in [9.17, 15) is 0 Å². The van der Waals surface area contributed by atoms with Gasteiger partial charge in [-0.3, -0.25) is 4.57 Å². The lowest BCUT2D eigenvalue weighted by molar-refractivity contribution is 0.556. The quantitative estimate of drug-likeness (QED) is 0.175. The summed E-state index contributed by atoms with van der Waals surface area (Å²) in [5, 5.41) is 1.22. The molecule has 0 fully saturated rings. The lowest BCUT2D eigenvalue weighted by Gasteiger charge is -2.31. The number of allylic oxidation sites excluding steroid dienone is 1. The molecule has 2 aliphatic carbocycles. The molecule has 0 radical (unpaired) electrons. The Labute approximate surface area is 310 Å². The topological polar surface area (TPSA) is 31.0 Å². The van der Waals surface area contributed by atoms with Crippen molar-refractivity contribution in [2.24, 2.45) is 0 Å². The van der Waals surface area contributed by atoms with Gasteiger partial charge in [0, 0.05) is 34.3 Å². The summed E-state index contributed by atoms with van der Waals surface area (Å²) in [4.78, 5) is 5.04. The Morgan fingerprint density at radius 3 is 2.09 bits per heavy atom. The van der Waals surface area contributed by atoms with E-state index in [1.54, 1.807) is 0 Å². The number of imidazole rings is 1. The zero-order chi connectivity index (χ0) is 35.8. The number of hydrogen-bond donors (Lipinski definition) is 0. The Morgan fingerprint density at radius 2 is 1.36 bits per heavy atom. The molecule has 2 aliphatic rings. The van der Waals surface area contributed by atoms with Crippen LogP contribution < -0.4 is 0 Å². The maximum atomic E-state index is 6.63. The Kier molecular flexibility index (Phi) is 6.97. The SMILES string of the molecule is C=Cc1nc(-c2ccc(-c3cccc4c3-c3ccccc3C43c4ccccc4-c4ccc5oc(CC)c(/C=C\C)c5c43)cc2)n(-c2ccccc2)c1C. The van der Waals surface area contributed by atoms with Gasteiger partial charge in [0.15, 0.2) is 0 Å². The number of aromatic nitrogens is 2. The van der Waals surface area contributed by atoms with Gasteiger partial charge in [0.25, 0.3) is 0 Å². The summed E-state index contributed by atoms with van der Waals surface area (Å²) in [5.74, 6) is 1.94. The molecule has 0 amide bonds. The van der Waals surface area contributed by atoms with Crippen LogP contribution in [0.25, 0.3) is 73.6 Å². The molecule has 1 unspecified atom stereocenters. The van der Waals surface area contributed by atoms with Gasteiger partial charge in [-0.2, -0.15) is 0 Å². The Morgan fingerprint density at radius 1 is 0.698 bits per heavy atom. The minimum atomic E-state index is -0.502. The number of furan rings is 1. The second kappa shape index (κ2) is 11.8. The van der Waals surface area contributed by atoms with Crippen LogP contribution >= 0.6 is 0 Å². The van der Waals surface area contributed by atoms with E-state index in [4.69, 9.17) is 9.40 Å². The molecule has 3 nitrogen and oxygen atoms in total. The van der Waals surface area contributed by atoms with Crippen LogP contribution in [0.2, 0.25) is 0 Å². The van der Waals surface area contributed by atoms with Gasteiger partial charge in [-0.05, 0) is 93.8 Å². The second-order valence-corrected chi connectivity index (χ2v) is 14.1. The molecular formula is C50H38N2O. The number of benzene rings is 6. The van der Waals surface area contributed by atoms with Gasteiger partial charge < -0.3 is 4.42 Å². The van der Waals surface area contributed by atoms with Crippen molar-refractivity contribution in [3.63, 3.8) is 0 Å². The van der Waals surface area contributed by atoms with Crippen molar-refractivity contribution in [3.05, 3.63) is 191 Å². The van der Waals surface area contributed by atoms with Gasteiger partial charge in [-0.1, -0.05) is 141 Å². The molecule has 254 valence electrons. The van der Waals surface area contributed by atoms with Crippen molar-refractivity contribution in [1.29, 1.82) is 0 Å². The fourth-order valence-electron chi connectivity index (χ4n) is 9.39. The van der Waals surface area contributed by atoms with Crippen molar-refractivity contribution in [1.82, 2.24) is 9.55 Å². The predicted molar refractivity (Wildman–Crippen MR) is 219 cm³/mol. The number of hydrogen-bond acceptors (Lipinski definition) is 2. The molecule has 3 heteroatoms. The lowest BCUT2D eigenvalue weighted by Crippen LogP contribution is -2.26. The van der Waals surface area contributed by atoms with Crippen LogP contribution in [0.15, 0.2) is 151 Å². The molecule has 2 heterocycles. The number of fused-ring (bicyclic) bond motifs is 12. The van der Waals surface area contributed by atoms with Crippen molar-refractivity contribution < 1.29 is 4.42 Å². The molecule has 0 aliphatic heterocycles. The predicted octanol–water partition coefficient (Wildman–Crippen LogP) is 12.8. The molecule has 1 spiro atoms. The fraction of sp³-hybridized carbons (Fsp3) is 0.100. The van der Waals surface area contributed by atoms with Gasteiger partial charge in [-0.25, -0.2) is 4.98 Å². The van der Waals surface area contributed by atoms with Crippen LogP contribution in [0.4, 0.5) is 0 Å². The summed E-state index contributed by atoms with van der Waals surface area (Å²) in [6.45, 7) is 10.4. The Bertz CT molecular complexity index is 2790. The zero-order valence-electron chi connectivity index (χ0n) is 30.2. The molecule has 0 bridgehead atoms. The lowest BCUT2D eigenvalue weighted by atomic mass is 9.69. The maximum Gasteiger partial charge on any atom is 0.145 e. The summed E-state index contributed by atoms with van der Waals surface area (Å²) >= 11 is 0. The molecular weight excluding hydrogens is 645 g/mol. The molecule has 0 N–H and O–H groups in total. The van der Waals surface area contributed by atoms with E-state index in [1.165, 1.54) is 66.6 Å². The van der Waals surface area contributed by atoms with Crippen molar-refractivity contribution in [2.75, 3.05) is 0 Å². The van der Waals surface area contributed by atoms with Gasteiger partial charge in [0.2, 0.25) is 0 Å². The average Bonchev–Trinajstić information content (AvgIpc) is 3.93. The van der Waals surface area contributed by atoms with Gasteiger partial charge in [-0.15, -0.1) is 0 Å². The van der Waals surface area contributed by atoms with Gasteiger partial charge in [0.05, 0.1) is 11.1 Å². The van der Waals surface area contributed by atoms with Gasteiger partial charge >= 0.3 is 0 Å². The van der Waals surface area contributed by atoms with Crippen molar-refractivity contribution >= 4 is 23.1 Å². The summed E-state index contributed by atoms with van der Waals surface area (Å²) in [6.07, 6.45) is 7.05. The van der Waals surface area contributed by atoms with Crippen LogP contribution in [0.5, 0.6) is 0 Å². The number of para-hydroxylation sites is 1. The van der Waals surface area contributed by atoms with Crippen LogP contribution in [-0.4, -0.2) is 9.55 Å². The van der Waals surface area contributed by atoms with Gasteiger partial charge in [0.1, 0.15) is 17.2 Å². The first kappa shape index (κ1) is 31.3. The third kappa shape index (κ3) is 4.19. The van der Waals surface area contributed by atoms with E-state index in [0.29, 0.717) is 0 Å². The van der Waals surface area contributed by atoms with E-state index < -0.39 is 5.41 Å². The smallest absolute Gasteiger partial charge is 0.145 e. The standard InChI is InChI=1S/C50H38N2O/c1-5-16-39-44(7-3)53-45-30-29-37-36-19-11-13-22-40(36)50(48(37)47(39)45)41-23-14-12-20-38(41)46-35(21-15-24-42(46)50)32-25-27-33(28-26-32)49-51-43(6-2)31(4)52(49)34-17-9-8-10-18-34/h5-6,8-30H,2,7H2,1,3-4H3/b16-5-. The minimum Gasteiger partial charge on any atom is -0.460 e. The van der Waals surface area contributed by atoms with Crippen molar-refractivity contribution in [2.45, 2.75) is 32.6 Å². The molecule has 6 aromatic carbocycles. The third-order valence-electron chi connectivity index (χ3n) is 11.5. The first-order valence-electron chi connectivity index (χ1n) is 18.5. The van der Waals surface area contributed by atoms with E-state index in [1.807, 2.05) is 12.1 Å². The van der Waals surface area contributed by atoms with E-state index in [0.717, 1.165) is 46.2 Å². The Balaban J connectivity index is 1.22. The highest BCUT2D eigenvalue weighted by Gasteiger charge is 2.53. The highest BCUT2D eigenvalue weighted by atomic mass is 16.3. The third-order valence-corrected chi connectivity index (χ3v) is 11.5. The monoisotopic (exact) mass is 682 g/mol. The number of aryl methyl sites for hydroxylation is 1. The van der Waals surface area contributed by atoms with Crippen LogP contribution in [0, 0.1) is 6.92 Å². The van der Waals surface area contributed by atoms with Crippen LogP contribution in [-0.2, 0) is 11.8 Å². The molecule has 1 atom stereocenters. The zero-order valence-corrected chi connectivity index (χ0v) is 30.2. The summed E-state index contributed by atoms with van der Waals surface area (Å²) in [5.41, 5.74) is 18.6. The normalized spacial score (nSPS) is 15.2. The minimum absolute atomic E-state index is 0.502. The van der Waals surface area contributed by atoms with Crippen LogP contribution in [0.1, 0.15) is 58.8 Å². The first-order chi connectivity index (χ1) is 26.1. The highest BCUT2D eigenvalue weighted by molar-refractivity contribution is 6.07. The van der Waals surface area contributed by atoms with E-state index in [2.05, 4.69) is 171 Å². The largest absolute Gasteiger partial charge is 0.460 e. The summed E-state index contributed by atoms with van der Waals surface area (Å²) in [7, 11) is 0. The Hall–Kier alpha value is -6.45. The van der Waals surface area contributed by atoms with Crippen molar-refractivity contribution in [3.8, 4) is 50.5 Å². The number of rotatable bonds is 6. The summed E-state index contributed by atoms with van der Waals surface area (Å²) in [6, 6.07) is 48.8. The molecule has 2 aromatic heterocycles. The molecule has 0 saturated heterocycles. The van der Waals surface area contributed by atoms with E-state index in [-0.39, 0.29) is 0 Å². The van der Waals surface area contributed by atoms with E-state index >= 15 is 0 Å². The first-order valence-corrected chi connectivity index (χ1v) is 18.5. The molecule has 0 saturated carbocycles. The average molecular weight is 683 g/mol. The fourth-order valence-corrected chi connectivity index (χ4v) is 9.39. The van der Waals surface area contributed by atoms with Crippen LogP contribution in [0.3, 0.4) is 0 Å². The molecule has 10 rings (SSSR count).